The normalized spacial score (nSPS) is 11.1. The van der Waals surface area contributed by atoms with Crippen LogP contribution in [-0.4, -0.2) is 11.0 Å². The van der Waals surface area contributed by atoms with Crippen LogP contribution in [-0.2, 0) is 0 Å². The highest BCUT2D eigenvalue weighted by atomic mass is 35.5. The lowest BCUT2D eigenvalue weighted by Gasteiger charge is -2.28. The van der Waals surface area contributed by atoms with Crippen LogP contribution in [0.4, 0.5) is 0 Å². The molecule has 0 radical (unpaired) electrons. The van der Waals surface area contributed by atoms with Crippen LogP contribution >= 0.6 is 18.5 Å². The maximum absolute atomic E-state index is 12.3. The first-order chi connectivity index (χ1) is 11.7. The standard InChI is InChI=1S/C21H18ClOP/c1-17(23)20-14-8-9-15-21(20)24(16-22,18-10-4-2-5-11-18)19-12-6-3-7-13-19/h2-16H,1H3. The molecule has 0 aliphatic heterocycles. The maximum atomic E-state index is 12.3. The lowest BCUT2D eigenvalue weighted by molar-refractivity contribution is 0.101. The van der Waals surface area contributed by atoms with Crippen LogP contribution in [0.25, 0.3) is 0 Å². The van der Waals surface area contributed by atoms with E-state index in [1.165, 1.54) is 0 Å². The summed E-state index contributed by atoms with van der Waals surface area (Å²) in [5, 5.41) is 5.06. The molecule has 0 aliphatic rings. The lowest BCUT2D eigenvalue weighted by Crippen LogP contribution is -2.29. The van der Waals surface area contributed by atoms with E-state index in [1.54, 1.807) is 12.2 Å². The largest absolute Gasteiger partial charge is 0.294 e. The minimum absolute atomic E-state index is 0.0559. The molecular weight excluding hydrogens is 335 g/mol. The highest BCUT2D eigenvalue weighted by Gasteiger charge is 2.27. The molecule has 0 aliphatic carbocycles. The molecule has 0 N–H and O–H groups in total. The molecule has 0 unspecified atom stereocenters. The van der Waals surface area contributed by atoms with Gasteiger partial charge in [0, 0.05) is 10.8 Å². The Kier molecular flexibility index (Phi) is 5.04. The van der Waals surface area contributed by atoms with Crippen LogP contribution in [0.2, 0.25) is 0 Å². The van der Waals surface area contributed by atoms with Gasteiger partial charge in [0.05, 0.1) is 0 Å². The number of carbonyl (C=O) groups excluding carboxylic acids is 1. The van der Waals surface area contributed by atoms with Gasteiger partial charge in [-0.25, -0.2) is 0 Å². The van der Waals surface area contributed by atoms with Crippen LogP contribution in [0, 0.1) is 0 Å². The Balaban J connectivity index is 2.44. The Morgan fingerprint density at radius 2 is 1.25 bits per heavy atom. The summed E-state index contributed by atoms with van der Waals surface area (Å²) < 4.78 is 0. The van der Waals surface area contributed by atoms with Crippen LogP contribution in [0.1, 0.15) is 17.3 Å². The van der Waals surface area contributed by atoms with Crippen LogP contribution in [0.5, 0.6) is 0 Å². The predicted octanol–water partition coefficient (Wildman–Crippen LogP) is 4.18. The van der Waals surface area contributed by atoms with Crippen LogP contribution in [0.15, 0.2) is 84.9 Å². The van der Waals surface area contributed by atoms with Gasteiger partial charge in [-0.3, -0.25) is 4.79 Å². The predicted molar refractivity (Wildman–Crippen MR) is 107 cm³/mol. The molecule has 3 aromatic carbocycles. The number of carbonyl (C=O) groups is 1. The van der Waals surface area contributed by atoms with E-state index in [1.807, 2.05) is 60.7 Å². The molecule has 0 aromatic heterocycles. The summed E-state index contributed by atoms with van der Waals surface area (Å²) in [6.07, 6.45) is 0. The van der Waals surface area contributed by atoms with Crippen molar-refractivity contribution in [2.45, 2.75) is 6.92 Å². The van der Waals surface area contributed by atoms with Crippen molar-refractivity contribution in [1.29, 1.82) is 0 Å². The van der Waals surface area contributed by atoms with Crippen LogP contribution < -0.4 is 15.9 Å². The van der Waals surface area contributed by atoms with Gasteiger partial charge < -0.3 is 0 Å². The van der Waals surface area contributed by atoms with Gasteiger partial charge in [-0.2, -0.15) is 0 Å². The summed E-state index contributed by atoms with van der Waals surface area (Å²) >= 11 is 6.52. The van der Waals surface area contributed by atoms with Gasteiger partial charge in [0.2, 0.25) is 0 Å². The molecule has 24 heavy (non-hydrogen) atoms. The van der Waals surface area contributed by atoms with Gasteiger partial charge in [-0.1, -0.05) is 96.5 Å². The van der Waals surface area contributed by atoms with Crippen molar-refractivity contribution in [3.05, 3.63) is 90.5 Å². The summed E-state index contributed by atoms with van der Waals surface area (Å²) in [6.45, 7) is -0.597. The Labute approximate surface area is 147 Å². The number of hydrogen-bond acceptors (Lipinski definition) is 1. The molecule has 0 spiro atoms. The molecule has 0 amide bonds. The zero-order valence-electron chi connectivity index (χ0n) is 13.4. The van der Waals surface area contributed by atoms with Crippen LogP contribution in [0.3, 0.4) is 0 Å². The molecule has 0 fully saturated rings. The smallest absolute Gasteiger partial charge is 0.160 e. The number of halogens is 1. The molecule has 0 atom stereocenters. The van der Waals surface area contributed by atoms with E-state index < -0.39 is 6.89 Å². The van der Waals surface area contributed by atoms with Gasteiger partial charge in [0.25, 0.3) is 0 Å². The fraction of sp³-hybridized carbons (Fsp3) is 0.0476. The van der Waals surface area contributed by atoms with Gasteiger partial charge in [0.1, 0.15) is 0 Å². The average Bonchev–Trinajstić information content (AvgIpc) is 2.65. The molecule has 0 saturated heterocycles. The van der Waals surface area contributed by atoms with Crippen molar-refractivity contribution < 1.29 is 4.79 Å². The molecule has 3 heteroatoms. The van der Waals surface area contributed by atoms with Gasteiger partial charge in [-0.15, -0.1) is 0 Å². The summed E-state index contributed by atoms with van der Waals surface area (Å²) in [5.41, 5.74) is 0.732. The molecule has 0 bridgehead atoms. The van der Waals surface area contributed by atoms with Crippen molar-refractivity contribution >= 4 is 45.4 Å². The second kappa shape index (κ2) is 7.21. The van der Waals surface area contributed by atoms with Crippen molar-refractivity contribution in [2.75, 3.05) is 0 Å². The second-order valence-corrected chi connectivity index (χ2v) is 9.31. The van der Waals surface area contributed by atoms with E-state index in [0.717, 1.165) is 21.5 Å². The summed E-state index contributed by atoms with van der Waals surface area (Å²) in [6, 6.07) is 28.2. The van der Waals surface area contributed by atoms with Crippen molar-refractivity contribution in [1.82, 2.24) is 0 Å². The Morgan fingerprint density at radius 1 is 0.792 bits per heavy atom. The van der Waals surface area contributed by atoms with Gasteiger partial charge >= 0.3 is 0 Å². The van der Waals surface area contributed by atoms with Gasteiger partial charge in [-0.05, 0) is 29.7 Å². The first-order valence-electron chi connectivity index (χ1n) is 7.75. The second-order valence-electron chi connectivity index (χ2n) is 5.56. The van der Waals surface area contributed by atoms with E-state index >= 15 is 0 Å². The monoisotopic (exact) mass is 352 g/mol. The average molecular weight is 353 g/mol. The highest BCUT2D eigenvalue weighted by Crippen LogP contribution is 2.45. The molecule has 3 rings (SSSR count). The number of benzene rings is 3. The molecular formula is C21H18ClOP. The third-order valence-corrected chi connectivity index (χ3v) is 8.68. The Bertz CT molecular complexity index is 858. The molecule has 1 nitrogen and oxygen atoms in total. The zero-order chi connectivity index (χ0) is 17.0. The minimum atomic E-state index is -2.21. The van der Waals surface area contributed by atoms with Crippen molar-refractivity contribution in [2.24, 2.45) is 0 Å². The highest BCUT2D eigenvalue weighted by molar-refractivity contribution is 7.96. The first-order valence-corrected chi connectivity index (χ1v) is 10.0. The van der Waals surface area contributed by atoms with E-state index in [4.69, 9.17) is 11.6 Å². The van der Waals surface area contributed by atoms with Crippen molar-refractivity contribution in [3.8, 4) is 0 Å². The number of Topliss-reactive ketones (excluding diaryl/α,β-unsaturated/α-hetero) is 1. The lowest BCUT2D eigenvalue weighted by atomic mass is 10.1. The topological polar surface area (TPSA) is 17.1 Å². The van der Waals surface area contributed by atoms with E-state index in [9.17, 15) is 4.79 Å². The van der Waals surface area contributed by atoms with E-state index in [0.29, 0.717) is 0 Å². The molecule has 0 heterocycles. The zero-order valence-corrected chi connectivity index (χ0v) is 15.0. The quantitative estimate of drug-likeness (QED) is 0.508. The fourth-order valence-corrected chi connectivity index (χ4v) is 7.39. The number of ketones is 1. The third-order valence-electron chi connectivity index (χ3n) is 4.14. The molecule has 120 valence electrons. The number of hydrogen-bond donors (Lipinski definition) is 0. The Morgan fingerprint density at radius 3 is 1.71 bits per heavy atom. The summed E-state index contributed by atoms with van der Waals surface area (Å²) in [7, 11) is 0. The maximum Gasteiger partial charge on any atom is 0.160 e. The minimum Gasteiger partial charge on any atom is -0.294 e. The van der Waals surface area contributed by atoms with Gasteiger partial charge in [0.15, 0.2) is 5.78 Å². The van der Waals surface area contributed by atoms with Crippen molar-refractivity contribution in [3.63, 3.8) is 0 Å². The van der Waals surface area contributed by atoms with E-state index in [2.05, 4.69) is 24.3 Å². The van der Waals surface area contributed by atoms with E-state index in [-0.39, 0.29) is 5.78 Å². The third kappa shape index (κ3) is 2.86. The number of rotatable bonds is 4. The fourth-order valence-electron chi connectivity index (χ4n) is 3.00. The molecule has 3 aromatic rings. The SMILES string of the molecule is CC(=O)c1ccccc1P(=CCl)(c1ccccc1)c1ccccc1. The summed E-state index contributed by atoms with van der Waals surface area (Å²) in [5.74, 6) is 0.0559. The molecule has 0 saturated carbocycles. The summed E-state index contributed by atoms with van der Waals surface area (Å²) in [4.78, 5) is 12.3. The Hall–Kier alpha value is -2.08. The first kappa shape index (κ1) is 16.8.